The van der Waals surface area contributed by atoms with Crippen LogP contribution in [0, 0.1) is 5.92 Å². The Balaban J connectivity index is 1.82. The topological polar surface area (TPSA) is 77.0 Å². The molecule has 6 nitrogen and oxygen atoms in total. The first-order valence-corrected chi connectivity index (χ1v) is 9.12. The van der Waals surface area contributed by atoms with E-state index in [4.69, 9.17) is 10.7 Å². The summed E-state index contributed by atoms with van der Waals surface area (Å²) in [7, 11) is 0. The molecule has 1 fully saturated rings. The largest absolute Gasteiger partial charge is 0.338 e. The highest BCUT2D eigenvalue weighted by molar-refractivity contribution is 6.06. The van der Waals surface area contributed by atoms with Crippen LogP contribution in [0.2, 0.25) is 0 Å². The number of nitrogens with zero attached hydrogens (tertiary/aromatic N) is 4. The van der Waals surface area contributed by atoms with E-state index in [9.17, 15) is 4.79 Å². The van der Waals surface area contributed by atoms with E-state index in [2.05, 4.69) is 5.10 Å². The molecule has 1 aliphatic rings. The molecule has 134 valence electrons. The zero-order valence-electron chi connectivity index (χ0n) is 14.9. The van der Waals surface area contributed by atoms with Crippen molar-refractivity contribution in [1.29, 1.82) is 0 Å². The Morgan fingerprint density at radius 2 is 2.12 bits per heavy atom. The summed E-state index contributed by atoms with van der Waals surface area (Å²) in [5.74, 6) is 0.435. The van der Waals surface area contributed by atoms with Crippen molar-refractivity contribution in [2.45, 2.75) is 19.9 Å². The van der Waals surface area contributed by atoms with Gasteiger partial charge < -0.3 is 10.6 Å². The Kier molecular flexibility index (Phi) is 4.42. The smallest absolute Gasteiger partial charge is 0.254 e. The zero-order valence-corrected chi connectivity index (χ0v) is 14.9. The van der Waals surface area contributed by atoms with Crippen molar-refractivity contribution in [2.75, 3.05) is 19.6 Å². The van der Waals surface area contributed by atoms with Crippen LogP contribution in [-0.4, -0.2) is 45.2 Å². The van der Waals surface area contributed by atoms with Crippen LogP contribution in [0.25, 0.3) is 22.3 Å². The number of pyridine rings is 1. The normalized spacial score (nSPS) is 17.2. The molecule has 0 aliphatic carbocycles. The second kappa shape index (κ2) is 6.88. The Hall–Kier alpha value is -2.73. The van der Waals surface area contributed by atoms with E-state index in [0.29, 0.717) is 24.6 Å². The summed E-state index contributed by atoms with van der Waals surface area (Å²) in [6.07, 6.45) is 2.72. The minimum atomic E-state index is 0.0428. The number of hydrogen-bond acceptors (Lipinski definition) is 4. The second-order valence-corrected chi connectivity index (χ2v) is 6.76. The van der Waals surface area contributed by atoms with Crippen LogP contribution in [0.5, 0.6) is 0 Å². The molecule has 6 heteroatoms. The van der Waals surface area contributed by atoms with Gasteiger partial charge in [-0.05, 0) is 31.9 Å². The number of aryl methyl sites for hydroxylation is 1. The summed E-state index contributed by atoms with van der Waals surface area (Å²) in [6, 6.07) is 11.8. The lowest BCUT2D eigenvalue weighted by molar-refractivity contribution is 0.0789. The maximum Gasteiger partial charge on any atom is 0.254 e. The highest BCUT2D eigenvalue weighted by Gasteiger charge is 2.28. The van der Waals surface area contributed by atoms with Crippen LogP contribution in [0.15, 0.2) is 42.6 Å². The molecule has 0 radical (unpaired) electrons. The zero-order chi connectivity index (χ0) is 18.1. The predicted octanol–water partition coefficient (Wildman–Crippen LogP) is 2.54. The second-order valence-electron chi connectivity index (χ2n) is 6.76. The van der Waals surface area contributed by atoms with Crippen molar-refractivity contribution in [3.8, 4) is 11.3 Å². The third kappa shape index (κ3) is 2.86. The molecule has 0 bridgehead atoms. The third-order valence-corrected chi connectivity index (χ3v) is 5.12. The van der Waals surface area contributed by atoms with Gasteiger partial charge in [-0.2, -0.15) is 5.10 Å². The highest BCUT2D eigenvalue weighted by Crippen LogP contribution is 2.27. The number of benzene rings is 1. The van der Waals surface area contributed by atoms with Gasteiger partial charge in [0.1, 0.15) is 0 Å². The standard InChI is InChI=1S/C20H23N5O/c1-2-25-19-17(12-22-25)16(20(26)24-9-8-14(11-21)13-24)10-18(23-19)15-6-4-3-5-7-15/h3-7,10,12,14H,2,8-9,11,13,21H2,1H3. The Morgan fingerprint density at radius 3 is 2.81 bits per heavy atom. The van der Waals surface area contributed by atoms with Crippen molar-refractivity contribution in [2.24, 2.45) is 11.7 Å². The summed E-state index contributed by atoms with van der Waals surface area (Å²) >= 11 is 0. The lowest BCUT2D eigenvalue weighted by Gasteiger charge is -2.17. The van der Waals surface area contributed by atoms with Gasteiger partial charge in [0.05, 0.1) is 22.8 Å². The number of amides is 1. The summed E-state index contributed by atoms with van der Waals surface area (Å²) in [5.41, 5.74) is 9.01. The van der Waals surface area contributed by atoms with Crippen molar-refractivity contribution in [3.05, 3.63) is 48.2 Å². The number of hydrogen-bond donors (Lipinski definition) is 1. The van der Waals surface area contributed by atoms with Crippen LogP contribution in [-0.2, 0) is 6.54 Å². The molecule has 2 N–H and O–H groups in total. The van der Waals surface area contributed by atoms with E-state index in [1.807, 2.05) is 52.9 Å². The van der Waals surface area contributed by atoms with Gasteiger partial charge in [0.2, 0.25) is 0 Å². The first-order valence-electron chi connectivity index (χ1n) is 9.12. The van der Waals surface area contributed by atoms with Crippen LogP contribution >= 0.6 is 0 Å². The molecule has 1 atom stereocenters. The SMILES string of the molecule is CCn1ncc2c(C(=O)N3CCC(CN)C3)cc(-c3ccccc3)nc21. The number of carbonyl (C=O) groups excluding carboxylic acids is 1. The molecule has 1 saturated heterocycles. The number of likely N-dealkylation sites (tertiary alicyclic amines) is 1. The van der Waals surface area contributed by atoms with Gasteiger partial charge in [-0.3, -0.25) is 4.79 Å². The van der Waals surface area contributed by atoms with Crippen molar-refractivity contribution in [1.82, 2.24) is 19.7 Å². The van der Waals surface area contributed by atoms with E-state index in [1.54, 1.807) is 6.20 Å². The number of fused-ring (bicyclic) bond motifs is 1. The Bertz CT molecular complexity index is 934. The van der Waals surface area contributed by atoms with Gasteiger partial charge >= 0.3 is 0 Å². The van der Waals surface area contributed by atoms with Gasteiger partial charge in [0.25, 0.3) is 5.91 Å². The molecule has 26 heavy (non-hydrogen) atoms. The van der Waals surface area contributed by atoms with Crippen molar-refractivity contribution >= 4 is 16.9 Å². The fourth-order valence-corrected chi connectivity index (χ4v) is 3.59. The average molecular weight is 349 g/mol. The molecule has 1 aromatic carbocycles. The van der Waals surface area contributed by atoms with Gasteiger partial charge in [-0.1, -0.05) is 30.3 Å². The predicted molar refractivity (Wildman–Crippen MR) is 102 cm³/mol. The third-order valence-electron chi connectivity index (χ3n) is 5.12. The van der Waals surface area contributed by atoms with E-state index in [0.717, 1.165) is 41.8 Å². The number of carbonyl (C=O) groups is 1. The average Bonchev–Trinajstić information content (AvgIpc) is 3.34. The van der Waals surface area contributed by atoms with E-state index in [-0.39, 0.29) is 5.91 Å². The highest BCUT2D eigenvalue weighted by atomic mass is 16.2. The molecule has 1 aliphatic heterocycles. The molecule has 3 heterocycles. The molecule has 0 saturated carbocycles. The van der Waals surface area contributed by atoms with E-state index in [1.165, 1.54) is 0 Å². The molecular formula is C20H23N5O. The summed E-state index contributed by atoms with van der Waals surface area (Å²) in [4.78, 5) is 19.9. The maximum atomic E-state index is 13.2. The first kappa shape index (κ1) is 16.7. The summed E-state index contributed by atoms with van der Waals surface area (Å²) < 4.78 is 1.84. The van der Waals surface area contributed by atoms with Gasteiger partial charge in [0.15, 0.2) is 5.65 Å². The van der Waals surface area contributed by atoms with Crippen LogP contribution < -0.4 is 5.73 Å². The quantitative estimate of drug-likeness (QED) is 0.785. The first-order chi connectivity index (χ1) is 12.7. The number of rotatable bonds is 4. The van der Waals surface area contributed by atoms with Crippen molar-refractivity contribution in [3.63, 3.8) is 0 Å². The Morgan fingerprint density at radius 1 is 1.31 bits per heavy atom. The molecule has 0 spiro atoms. The molecule has 1 unspecified atom stereocenters. The fraction of sp³-hybridized carbons (Fsp3) is 0.350. The van der Waals surface area contributed by atoms with E-state index < -0.39 is 0 Å². The van der Waals surface area contributed by atoms with Crippen LogP contribution in [0.3, 0.4) is 0 Å². The molecule has 4 rings (SSSR count). The molecule has 1 amide bonds. The van der Waals surface area contributed by atoms with Crippen molar-refractivity contribution < 1.29 is 4.79 Å². The van der Waals surface area contributed by atoms with Gasteiger partial charge in [0, 0.05) is 25.2 Å². The van der Waals surface area contributed by atoms with Crippen LogP contribution in [0.1, 0.15) is 23.7 Å². The Labute approximate surface area is 152 Å². The minimum absolute atomic E-state index is 0.0428. The number of aromatic nitrogens is 3. The lowest BCUT2D eigenvalue weighted by atomic mass is 10.1. The van der Waals surface area contributed by atoms with Crippen LogP contribution in [0.4, 0.5) is 0 Å². The summed E-state index contributed by atoms with van der Waals surface area (Å²) in [5, 5.41) is 5.23. The number of nitrogens with two attached hydrogens (primary N) is 1. The minimum Gasteiger partial charge on any atom is -0.338 e. The molecular weight excluding hydrogens is 326 g/mol. The molecule has 3 aromatic rings. The maximum absolute atomic E-state index is 13.2. The molecule has 2 aromatic heterocycles. The van der Waals surface area contributed by atoms with Gasteiger partial charge in [-0.15, -0.1) is 0 Å². The lowest BCUT2D eigenvalue weighted by Crippen LogP contribution is -2.30. The summed E-state index contributed by atoms with van der Waals surface area (Å²) in [6.45, 7) is 4.84. The monoisotopic (exact) mass is 349 g/mol. The fourth-order valence-electron chi connectivity index (χ4n) is 3.59. The van der Waals surface area contributed by atoms with Gasteiger partial charge in [-0.25, -0.2) is 9.67 Å². The van der Waals surface area contributed by atoms with E-state index >= 15 is 0 Å².